The Bertz CT molecular complexity index is 451. The second-order valence-electron chi connectivity index (χ2n) is 3.74. The molecule has 1 aromatic rings. The number of thiophene rings is 1. The molecule has 1 saturated heterocycles. The highest BCUT2D eigenvalue weighted by Crippen LogP contribution is 2.39. The van der Waals surface area contributed by atoms with E-state index in [2.05, 4.69) is 4.74 Å². The van der Waals surface area contributed by atoms with E-state index in [1.54, 1.807) is 0 Å². The summed E-state index contributed by atoms with van der Waals surface area (Å²) in [6.45, 7) is 1.62. The fraction of sp³-hybridized carbons (Fsp3) is 0.500. The minimum Gasteiger partial charge on any atom is -0.465 e. The van der Waals surface area contributed by atoms with Gasteiger partial charge in [0.25, 0.3) is 0 Å². The Morgan fingerprint density at radius 2 is 2.18 bits per heavy atom. The Morgan fingerprint density at radius 3 is 2.71 bits per heavy atom. The summed E-state index contributed by atoms with van der Waals surface area (Å²) in [7, 11) is 1.27. The summed E-state index contributed by atoms with van der Waals surface area (Å²) in [4.78, 5) is 24.1. The van der Waals surface area contributed by atoms with Crippen molar-refractivity contribution in [1.29, 1.82) is 0 Å². The van der Waals surface area contributed by atoms with E-state index >= 15 is 0 Å². The molecule has 0 spiro atoms. The third-order valence-electron chi connectivity index (χ3n) is 2.67. The maximum Gasteiger partial charge on any atom is 0.348 e. The molecule has 92 valence electrons. The van der Waals surface area contributed by atoms with Gasteiger partial charge < -0.3 is 9.64 Å². The maximum atomic E-state index is 11.4. The number of hydrogen-bond donors (Lipinski definition) is 0. The summed E-state index contributed by atoms with van der Waals surface area (Å²) in [5.74, 6) is -0.524. The molecule has 0 aliphatic carbocycles. The van der Waals surface area contributed by atoms with Gasteiger partial charge in [-0.15, -0.1) is 11.3 Å². The van der Waals surface area contributed by atoms with Crippen LogP contribution in [-0.4, -0.2) is 31.1 Å². The quantitative estimate of drug-likeness (QED) is 0.470. The van der Waals surface area contributed by atoms with Crippen LogP contribution >= 0.6 is 11.3 Å². The van der Waals surface area contributed by atoms with Crippen molar-refractivity contribution in [2.24, 2.45) is 0 Å². The summed E-state index contributed by atoms with van der Waals surface area (Å²) in [5.41, 5.74) is -0.00250. The van der Waals surface area contributed by atoms with Crippen molar-refractivity contribution in [1.82, 2.24) is 0 Å². The first-order valence-electron chi connectivity index (χ1n) is 5.25. The van der Waals surface area contributed by atoms with Crippen molar-refractivity contribution in [3.8, 4) is 0 Å². The number of esters is 1. The Labute approximate surface area is 102 Å². The van der Waals surface area contributed by atoms with Gasteiger partial charge in [-0.05, 0) is 12.8 Å². The first kappa shape index (κ1) is 11.8. The van der Waals surface area contributed by atoms with Gasteiger partial charge in [-0.2, -0.15) is 0 Å². The lowest BCUT2D eigenvalue weighted by Gasteiger charge is -2.13. The molecule has 1 aliphatic rings. The Morgan fingerprint density at radius 1 is 1.53 bits per heavy atom. The molecule has 1 aromatic heterocycles. The van der Waals surface area contributed by atoms with Crippen molar-refractivity contribution in [2.45, 2.75) is 12.8 Å². The number of methoxy groups -OCH3 is 1. The standard InChI is InChI=1S/C10H12N2O4S/c1-16-10(13)8-6-7(12(14)15)9(17-8)11-4-2-3-5-11/h6H,2-5H2,1H3. The lowest BCUT2D eigenvalue weighted by atomic mass is 10.4. The van der Waals surface area contributed by atoms with Crippen LogP contribution < -0.4 is 4.90 Å². The number of hydrogen-bond acceptors (Lipinski definition) is 6. The Hall–Kier alpha value is -1.63. The second-order valence-corrected chi connectivity index (χ2v) is 4.77. The van der Waals surface area contributed by atoms with E-state index in [-0.39, 0.29) is 10.6 Å². The zero-order valence-electron chi connectivity index (χ0n) is 9.34. The summed E-state index contributed by atoms with van der Waals surface area (Å²) in [6, 6.07) is 1.30. The molecular formula is C10H12N2O4S. The number of nitrogens with zero attached hydrogens (tertiary/aromatic N) is 2. The van der Waals surface area contributed by atoms with Gasteiger partial charge in [0.05, 0.1) is 12.0 Å². The van der Waals surface area contributed by atoms with Gasteiger partial charge in [0.15, 0.2) is 5.00 Å². The van der Waals surface area contributed by atoms with E-state index in [1.807, 2.05) is 4.90 Å². The average molecular weight is 256 g/mol. The number of nitro groups is 1. The van der Waals surface area contributed by atoms with Crippen LogP contribution in [0.15, 0.2) is 6.07 Å². The normalized spacial score (nSPS) is 15.0. The summed E-state index contributed by atoms with van der Waals surface area (Å²) >= 11 is 1.13. The molecule has 1 aliphatic heterocycles. The SMILES string of the molecule is COC(=O)c1cc([N+](=O)[O-])c(N2CCCC2)s1. The summed E-state index contributed by atoms with van der Waals surface area (Å²) in [5, 5.41) is 11.5. The lowest BCUT2D eigenvalue weighted by molar-refractivity contribution is -0.383. The van der Waals surface area contributed by atoms with Crippen LogP contribution in [0.5, 0.6) is 0 Å². The van der Waals surface area contributed by atoms with Crippen LogP contribution in [0.25, 0.3) is 0 Å². The molecule has 6 nitrogen and oxygen atoms in total. The highest BCUT2D eigenvalue weighted by molar-refractivity contribution is 7.18. The van der Waals surface area contributed by atoms with Crippen LogP contribution in [0.4, 0.5) is 10.7 Å². The van der Waals surface area contributed by atoms with E-state index in [9.17, 15) is 14.9 Å². The number of rotatable bonds is 3. The van der Waals surface area contributed by atoms with Crippen LogP contribution in [-0.2, 0) is 4.74 Å². The van der Waals surface area contributed by atoms with Gasteiger partial charge in [0, 0.05) is 19.2 Å². The molecule has 2 heterocycles. The van der Waals surface area contributed by atoms with E-state index in [0.717, 1.165) is 37.3 Å². The van der Waals surface area contributed by atoms with E-state index in [0.29, 0.717) is 5.00 Å². The van der Waals surface area contributed by atoms with Crippen LogP contribution in [0.3, 0.4) is 0 Å². The number of carbonyl (C=O) groups excluding carboxylic acids is 1. The molecule has 7 heteroatoms. The molecule has 17 heavy (non-hydrogen) atoms. The number of anilines is 1. The lowest BCUT2D eigenvalue weighted by Crippen LogP contribution is -2.17. The van der Waals surface area contributed by atoms with Gasteiger partial charge >= 0.3 is 11.7 Å². The molecule has 1 fully saturated rings. The third kappa shape index (κ3) is 2.23. The zero-order chi connectivity index (χ0) is 12.4. The van der Waals surface area contributed by atoms with E-state index in [4.69, 9.17) is 0 Å². The average Bonchev–Trinajstić information content (AvgIpc) is 2.95. The van der Waals surface area contributed by atoms with Gasteiger partial charge in [-0.25, -0.2) is 4.79 Å². The first-order valence-corrected chi connectivity index (χ1v) is 6.06. The smallest absolute Gasteiger partial charge is 0.348 e. The number of carbonyl (C=O) groups is 1. The van der Waals surface area contributed by atoms with Gasteiger partial charge in [0.1, 0.15) is 4.88 Å². The van der Waals surface area contributed by atoms with Gasteiger partial charge in [0.2, 0.25) is 0 Å². The third-order valence-corrected chi connectivity index (χ3v) is 3.84. The second kappa shape index (κ2) is 4.70. The summed E-state index contributed by atoms with van der Waals surface area (Å²) < 4.78 is 4.58. The van der Waals surface area contributed by atoms with Crippen molar-refractivity contribution in [3.05, 3.63) is 21.1 Å². The van der Waals surface area contributed by atoms with Gasteiger partial charge in [-0.3, -0.25) is 10.1 Å². The predicted molar refractivity (Wildman–Crippen MR) is 63.8 cm³/mol. The molecule has 0 atom stereocenters. The molecule has 0 bridgehead atoms. The highest BCUT2D eigenvalue weighted by Gasteiger charge is 2.28. The Kier molecular flexibility index (Phi) is 3.28. The van der Waals surface area contributed by atoms with E-state index < -0.39 is 10.9 Å². The van der Waals surface area contributed by atoms with E-state index in [1.165, 1.54) is 13.2 Å². The van der Waals surface area contributed by atoms with Crippen LogP contribution in [0, 0.1) is 10.1 Å². The topological polar surface area (TPSA) is 72.7 Å². The molecule has 0 saturated carbocycles. The fourth-order valence-corrected chi connectivity index (χ4v) is 2.95. The largest absolute Gasteiger partial charge is 0.465 e. The minimum atomic E-state index is -0.524. The first-order chi connectivity index (χ1) is 8.13. The number of ether oxygens (including phenoxy) is 1. The minimum absolute atomic E-state index is 0.00250. The predicted octanol–water partition coefficient (Wildman–Crippen LogP) is 2.04. The maximum absolute atomic E-state index is 11.4. The monoisotopic (exact) mass is 256 g/mol. The fourth-order valence-electron chi connectivity index (χ4n) is 1.85. The molecule has 0 amide bonds. The van der Waals surface area contributed by atoms with Crippen LogP contribution in [0.1, 0.15) is 22.5 Å². The molecule has 0 unspecified atom stereocenters. The zero-order valence-corrected chi connectivity index (χ0v) is 10.2. The highest BCUT2D eigenvalue weighted by atomic mass is 32.1. The molecule has 0 aromatic carbocycles. The van der Waals surface area contributed by atoms with Crippen molar-refractivity contribution >= 4 is 28.0 Å². The molecular weight excluding hydrogens is 244 g/mol. The van der Waals surface area contributed by atoms with Crippen LogP contribution in [0.2, 0.25) is 0 Å². The Balaban J connectivity index is 2.37. The van der Waals surface area contributed by atoms with Gasteiger partial charge in [-0.1, -0.05) is 0 Å². The summed E-state index contributed by atoms with van der Waals surface area (Å²) in [6.07, 6.45) is 2.06. The van der Waals surface area contributed by atoms with Crippen molar-refractivity contribution in [3.63, 3.8) is 0 Å². The van der Waals surface area contributed by atoms with Crippen molar-refractivity contribution in [2.75, 3.05) is 25.1 Å². The van der Waals surface area contributed by atoms with Crippen molar-refractivity contribution < 1.29 is 14.5 Å². The molecule has 0 N–H and O–H groups in total. The molecule has 2 rings (SSSR count). The molecule has 0 radical (unpaired) electrons.